The summed E-state index contributed by atoms with van der Waals surface area (Å²) in [6, 6.07) is 49.1. The molecule has 4 atom stereocenters. The van der Waals surface area contributed by atoms with Crippen LogP contribution >= 0.6 is 47.0 Å². The van der Waals surface area contributed by atoms with Crippen molar-refractivity contribution < 1.29 is 36.7 Å². The summed E-state index contributed by atoms with van der Waals surface area (Å²) in [7, 11) is 0. The minimum atomic E-state index is -0.274. The molecule has 0 unspecified atom stereocenters. The molecule has 0 saturated carbocycles. The summed E-state index contributed by atoms with van der Waals surface area (Å²) in [6.07, 6.45) is 11.9. The van der Waals surface area contributed by atoms with Crippen LogP contribution in [0.2, 0.25) is 0 Å². The van der Waals surface area contributed by atoms with E-state index in [1.807, 2.05) is 80.6 Å². The number of thioether (sulfide) groups is 4. The first-order valence-electron chi connectivity index (χ1n) is 41.4. The third-order valence-corrected chi connectivity index (χ3v) is 26.0. The Bertz CT molecular complexity index is 5630. The maximum atomic E-state index is 13.5. The fourth-order valence-corrected chi connectivity index (χ4v) is 18.1. The number of anilines is 4. The van der Waals surface area contributed by atoms with Crippen LogP contribution in [0.5, 0.6) is 0 Å². The Hall–Kier alpha value is -9.88. The van der Waals surface area contributed by atoms with Gasteiger partial charge in [0, 0.05) is 117 Å². The van der Waals surface area contributed by atoms with Gasteiger partial charge in [-0.2, -0.15) is 0 Å². The molecule has 8 aromatic carbocycles. The number of benzene rings is 8. The Morgan fingerprint density at radius 3 is 0.874 bits per heavy atom. The number of unbranched alkanes of at least 4 members (excludes halogenated alkanes) is 1. The van der Waals surface area contributed by atoms with Crippen molar-refractivity contribution in [1.82, 2.24) is 39.9 Å². The predicted molar refractivity (Wildman–Crippen MR) is 486 cm³/mol. The number of hydrogen-bond donors (Lipinski definition) is 0. The minimum absolute atomic E-state index is 0.0439. The van der Waals surface area contributed by atoms with Gasteiger partial charge in [-0.15, -0.1) is 0 Å². The van der Waals surface area contributed by atoms with Crippen molar-refractivity contribution >= 4 is 135 Å². The summed E-state index contributed by atoms with van der Waals surface area (Å²) >= 11 is 5.35. The topological polar surface area (TPSA) is 184 Å². The average molecular weight is 1680 g/mol. The van der Waals surface area contributed by atoms with E-state index in [9.17, 15) is 36.7 Å². The highest BCUT2D eigenvalue weighted by Gasteiger charge is 2.32. The van der Waals surface area contributed by atoms with Gasteiger partial charge < -0.3 is 19.6 Å². The van der Waals surface area contributed by atoms with E-state index in [2.05, 4.69) is 81.9 Å². The maximum absolute atomic E-state index is 13.5. The fourth-order valence-electron chi connectivity index (χ4n) is 15.0. The van der Waals surface area contributed by atoms with Crippen LogP contribution in [-0.4, -0.2) is 133 Å². The number of halogens is 4. The Balaban J connectivity index is 0.000000137. The molecule has 16 nitrogen and oxygen atoms in total. The van der Waals surface area contributed by atoms with Gasteiger partial charge in [-0.3, -0.25) is 19.2 Å². The van der Waals surface area contributed by atoms with E-state index in [1.54, 1.807) is 54.6 Å². The molecule has 0 N–H and O–H groups in total. The fraction of sp³-hybridized carbons (Fsp3) is 0.368. The predicted octanol–water partition coefficient (Wildman–Crippen LogP) is 23.9. The summed E-state index contributed by atoms with van der Waals surface area (Å²) in [6.45, 7) is 27.0. The van der Waals surface area contributed by atoms with Gasteiger partial charge >= 0.3 is 0 Å². The number of nitrogens with zero attached hydrogens (tertiary/aromatic N) is 12. The van der Waals surface area contributed by atoms with E-state index in [4.69, 9.17) is 39.9 Å². The molecule has 4 aliphatic rings. The molecule has 4 aliphatic heterocycles. The van der Waals surface area contributed by atoms with E-state index in [0.717, 1.165) is 210 Å². The summed E-state index contributed by atoms with van der Waals surface area (Å²) in [5, 5.41) is 0.464. The standard InChI is InChI=1S/C25H28FN3OS.C24H26FN3OS.2C23H24FN3OS/c1-16-6-5-13-29(16)23-22(17-7-10-19(26)11-8-17)27-20-12-9-18(14-21(20)28-23)24(30)31-15-25(2,3)4;1-3-4-14-30-24(29)18-9-12-20-21(15-18)27-23(28-13-5-6-16(28)2)22(26-20)17-7-10-19(25)11-8-17;1-14(2)29-23(28)17-8-11-19-20(13-17)26-22(27-12-4-5-15(27)3)21(25-19)16-6-9-18(24)10-7-16;1-3-13-29-23(28)17-8-11-19-20(14-17)26-22(27-12-4-5-15(27)2)21(25-19)16-6-9-18(24)10-7-16/h7-12,14,16H,5-6,13,15H2,1-4H3;7-12,15-16H,3-6,13-14H2,1-2H3;6-11,13-15H,4-5,12H2,1-3H3;6-11,14-15H,3-5,12-13H2,1-2H3/t2*16-;2*15-/m0000/s1. The molecule has 12 aromatic rings. The lowest BCUT2D eigenvalue weighted by Crippen LogP contribution is -2.28. The highest BCUT2D eigenvalue weighted by molar-refractivity contribution is 8.15. The smallest absolute Gasteiger partial charge is 0.219 e. The Kier molecular flexibility index (Phi) is 28.9. The zero-order valence-corrected chi connectivity index (χ0v) is 72.7. The summed E-state index contributed by atoms with van der Waals surface area (Å²) in [4.78, 5) is 98.6. The molecule has 16 rings (SSSR count). The first kappa shape index (κ1) is 87.0. The lowest BCUT2D eigenvalue weighted by atomic mass is 10.0. The maximum Gasteiger partial charge on any atom is 0.219 e. The Morgan fingerprint density at radius 1 is 0.361 bits per heavy atom. The summed E-state index contributed by atoms with van der Waals surface area (Å²) < 4.78 is 53.9. The molecular formula is C95H102F4N12O4S4. The van der Waals surface area contributed by atoms with Crippen LogP contribution in [0, 0.1) is 28.7 Å². The van der Waals surface area contributed by atoms with Crippen LogP contribution in [0.25, 0.3) is 89.2 Å². The minimum Gasteiger partial charge on any atom is -0.352 e. The van der Waals surface area contributed by atoms with Crippen LogP contribution in [0.1, 0.15) is 188 Å². The molecule has 0 aliphatic carbocycles. The second-order valence-corrected chi connectivity index (χ2v) is 37.0. The van der Waals surface area contributed by atoms with Crippen LogP contribution in [-0.2, 0) is 0 Å². The number of carbonyl (C=O) groups excluding carboxylic acids is 4. The van der Waals surface area contributed by atoms with E-state index >= 15 is 0 Å². The summed E-state index contributed by atoms with van der Waals surface area (Å²) in [5.74, 6) is 4.53. The number of hydrogen-bond acceptors (Lipinski definition) is 20. The third-order valence-electron chi connectivity index (χ3n) is 21.4. The number of rotatable bonds is 19. The Labute approximate surface area is 711 Å². The SMILES string of the molecule is CC(C)SC(=O)c1ccc2nc(-c3ccc(F)cc3)c(N3CCC[C@@H]3C)nc2c1.CCCCSC(=O)c1ccc2nc(-c3ccc(F)cc3)c(N3CCC[C@@H]3C)nc2c1.CCCSC(=O)c1ccc2nc(-c3ccc(F)cc3)c(N3CCC[C@@H]3C)nc2c1.C[C@H]1CCCN1c1nc2cc(C(=O)SCC(C)(C)C)ccc2nc1-c1ccc(F)cc1. The molecule has 8 heterocycles. The van der Waals surface area contributed by atoms with Crippen molar-refractivity contribution in [1.29, 1.82) is 0 Å². The zero-order valence-electron chi connectivity index (χ0n) is 69.4. The molecule has 4 saturated heterocycles. The first-order valence-corrected chi connectivity index (χ1v) is 45.2. The molecule has 0 amide bonds. The van der Waals surface area contributed by atoms with Crippen molar-refractivity contribution in [3.8, 4) is 45.0 Å². The summed E-state index contributed by atoms with van der Waals surface area (Å²) in [5.41, 5.74) is 14.8. The molecule has 119 heavy (non-hydrogen) atoms. The molecule has 4 fully saturated rings. The largest absolute Gasteiger partial charge is 0.352 e. The normalized spacial score (nSPS) is 16.6. The first-order chi connectivity index (χ1) is 57.3. The zero-order chi connectivity index (χ0) is 84.2. The van der Waals surface area contributed by atoms with Crippen LogP contribution in [0.15, 0.2) is 170 Å². The second-order valence-electron chi connectivity index (χ2n) is 32.4. The second kappa shape index (κ2) is 39.5. The molecule has 618 valence electrons. The van der Waals surface area contributed by atoms with Gasteiger partial charge in [0.25, 0.3) is 0 Å². The number of aromatic nitrogens is 8. The molecule has 4 aromatic heterocycles. The van der Waals surface area contributed by atoms with Gasteiger partial charge in [0.2, 0.25) is 20.5 Å². The van der Waals surface area contributed by atoms with Crippen molar-refractivity contribution in [3.63, 3.8) is 0 Å². The van der Waals surface area contributed by atoms with E-state index in [1.165, 1.54) is 95.6 Å². The van der Waals surface area contributed by atoms with Crippen LogP contribution in [0.4, 0.5) is 40.8 Å². The molecular weight excluding hydrogens is 1580 g/mol. The highest BCUT2D eigenvalue weighted by atomic mass is 32.2. The molecule has 0 bridgehead atoms. The Morgan fingerprint density at radius 2 is 0.630 bits per heavy atom. The van der Waals surface area contributed by atoms with Gasteiger partial charge in [-0.05, 0) is 267 Å². The van der Waals surface area contributed by atoms with Gasteiger partial charge in [0.1, 0.15) is 46.0 Å². The number of carbonyl (C=O) groups is 4. The van der Waals surface area contributed by atoms with Crippen molar-refractivity contribution in [2.24, 2.45) is 5.41 Å². The molecule has 0 spiro atoms. The van der Waals surface area contributed by atoms with Crippen molar-refractivity contribution in [3.05, 3.63) is 215 Å². The van der Waals surface area contributed by atoms with Crippen molar-refractivity contribution in [2.75, 3.05) is 63.0 Å². The molecule has 24 heteroatoms. The van der Waals surface area contributed by atoms with E-state index < -0.39 is 0 Å². The monoisotopic (exact) mass is 1680 g/mol. The van der Waals surface area contributed by atoms with E-state index in [-0.39, 0.29) is 54.4 Å². The van der Waals surface area contributed by atoms with Crippen LogP contribution < -0.4 is 19.6 Å². The molecule has 0 radical (unpaired) electrons. The van der Waals surface area contributed by atoms with Crippen molar-refractivity contribution in [2.45, 2.75) is 176 Å². The lowest BCUT2D eigenvalue weighted by Gasteiger charge is -2.25. The average Bonchev–Trinajstić information content (AvgIpc) is 1.68. The van der Waals surface area contributed by atoms with Gasteiger partial charge in [-0.25, -0.2) is 57.4 Å². The quantitative estimate of drug-likeness (QED) is 0.0549. The van der Waals surface area contributed by atoms with Gasteiger partial charge in [0.05, 0.1) is 44.1 Å². The highest BCUT2D eigenvalue weighted by Crippen LogP contribution is 2.41. The lowest BCUT2D eigenvalue weighted by molar-refractivity contribution is 0.108. The third kappa shape index (κ3) is 21.7. The van der Waals surface area contributed by atoms with Gasteiger partial charge in [0.15, 0.2) is 23.3 Å². The van der Waals surface area contributed by atoms with Gasteiger partial charge in [-0.1, -0.05) is 102 Å². The van der Waals surface area contributed by atoms with E-state index in [0.29, 0.717) is 63.0 Å². The number of fused-ring (bicyclic) bond motifs is 4. The van der Waals surface area contributed by atoms with Crippen LogP contribution in [0.3, 0.4) is 0 Å².